The van der Waals surface area contributed by atoms with Gasteiger partial charge in [-0.25, -0.2) is 8.42 Å². The van der Waals surface area contributed by atoms with Crippen molar-refractivity contribution in [1.82, 2.24) is 9.29 Å². The Balaban J connectivity index is 1.92. The predicted molar refractivity (Wildman–Crippen MR) is 81.1 cm³/mol. The fourth-order valence-corrected chi connectivity index (χ4v) is 5.20. The first-order valence-electron chi connectivity index (χ1n) is 7.38. The highest BCUT2D eigenvalue weighted by atomic mass is 35.5. The Morgan fingerprint density at radius 1 is 1.36 bits per heavy atom. The van der Waals surface area contributed by atoms with Crippen molar-refractivity contribution in [2.75, 3.05) is 19.8 Å². The van der Waals surface area contributed by atoms with Crippen LogP contribution in [0.2, 0.25) is 5.02 Å². The summed E-state index contributed by atoms with van der Waals surface area (Å²) in [6.45, 7) is 0.949. The number of ether oxygens (including phenoxy) is 1. The number of aliphatic hydroxyl groups is 1. The molecule has 3 rings (SSSR count). The van der Waals surface area contributed by atoms with Gasteiger partial charge in [-0.05, 0) is 18.9 Å². The molecule has 2 fully saturated rings. The van der Waals surface area contributed by atoms with Crippen LogP contribution in [-0.2, 0) is 14.8 Å². The lowest BCUT2D eigenvalue weighted by Gasteiger charge is -2.38. The predicted octanol–water partition coefficient (Wildman–Crippen LogP) is 1.29. The van der Waals surface area contributed by atoms with E-state index in [-0.39, 0.29) is 28.4 Å². The number of halogens is 1. The highest BCUT2D eigenvalue weighted by molar-refractivity contribution is 7.89. The van der Waals surface area contributed by atoms with Crippen LogP contribution in [0.1, 0.15) is 19.3 Å². The van der Waals surface area contributed by atoms with Crippen LogP contribution >= 0.6 is 11.6 Å². The number of hydrogen-bond donors (Lipinski definition) is 1. The Kier molecular flexibility index (Phi) is 4.70. The number of pyridine rings is 1. The van der Waals surface area contributed by atoms with Crippen LogP contribution in [0.25, 0.3) is 0 Å². The minimum absolute atomic E-state index is 0.0813. The van der Waals surface area contributed by atoms with Crippen molar-refractivity contribution < 1.29 is 18.3 Å². The molecule has 0 unspecified atom stereocenters. The summed E-state index contributed by atoms with van der Waals surface area (Å²) in [5, 5.41) is 10.4. The van der Waals surface area contributed by atoms with Crippen LogP contribution in [0.15, 0.2) is 23.4 Å². The second kappa shape index (κ2) is 6.41. The minimum atomic E-state index is -3.70. The van der Waals surface area contributed by atoms with Crippen LogP contribution in [0.3, 0.4) is 0 Å². The molecular formula is C14H19ClN2O4S. The van der Waals surface area contributed by atoms with E-state index in [1.165, 1.54) is 22.8 Å². The summed E-state index contributed by atoms with van der Waals surface area (Å²) < 4.78 is 32.7. The highest BCUT2D eigenvalue weighted by Crippen LogP contribution is 2.34. The van der Waals surface area contributed by atoms with E-state index in [0.29, 0.717) is 19.6 Å². The van der Waals surface area contributed by atoms with E-state index in [0.717, 1.165) is 12.8 Å². The SMILES string of the molecule is O=S(=O)(c1cncc(Cl)c1)N1CCOC[C@@H]1[C@@H]1CCC[C@@H]1O. The third-order valence-corrected chi connectivity index (χ3v) is 6.52. The fraction of sp³-hybridized carbons (Fsp3) is 0.643. The summed E-state index contributed by atoms with van der Waals surface area (Å²) in [5.74, 6) is -0.0813. The van der Waals surface area contributed by atoms with E-state index in [9.17, 15) is 13.5 Å². The molecule has 1 saturated carbocycles. The second-order valence-corrected chi connectivity index (χ2v) is 8.09. The topological polar surface area (TPSA) is 79.7 Å². The molecule has 22 heavy (non-hydrogen) atoms. The number of aromatic nitrogens is 1. The normalized spacial score (nSPS) is 30.5. The maximum absolute atomic E-state index is 12.9. The second-order valence-electron chi connectivity index (χ2n) is 5.76. The number of sulfonamides is 1. The van der Waals surface area contributed by atoms with Crippen molar-refractivity contribution in [3.8, 4) is 0 Å². The highest BCUT2D eigenvalue weighted by Gasteiger charge is 2.42. The molecule has 1 N–H and O–H groups in total. The van der Waals surface area contributed by atoms with E-state index in [4.69, 9.17) is 16.3 Å². The third kappa shape index (κ3) is 3.00. The number of hydrogen-bond acceptors (Lipinski definition) is 5. The van der Waals surface area contributed by atoms with Gasteiger partial charge in [0.2, 0.25) is 10.0 Å². The van der Waals surface area contributed by atoms with E-state index >= 15 is 0 Å². The van der Waals surface area contributed by atoms with Crippen molar-refractivity contribution >= 4 is 21.6 Å². The Labute approximate surface area is 135 Å². The number of aliphatic hydroxyl groups excluding tert-OH is 1. The molecular weight excluding hydrogens is 328 g/mol. The molecule has 0 radical (unpaired) electrons. The average molecular weight is 347 g/mol. The van der Waals surface area contributed by atoms with E-state index in [2.05, 4.69) is 4.98 Å². The molecule has 1 aromatic heterocycles. The molecule has 0 bridgehead atoms. The van der Waals surface area contributed by atoms with Crippen LogP contribution in [0.5, 0.6) is 0 Å². The number of morpholine rings is 1. The van der Waals surface area contributed by atoms with Crippen molar-refractivity contribution in [3.63, 3.8) is 0 Å². The van der Waals surface area contributed by atoms with Gasteiger partial charge in [-0.15, -0.1) is 0 Å². The molecule has 3 atom stereocenters. The molecule has 0 spiro atoms. The van der Waals surface area contributed by atoms with Crippen molar-refractivity contribution in [3.05, 3.63) is 23.5 Å². The lowest BCUT2D eigenvalue weighted by Crippen LogP contribution is -2.53. The summed E-state index contributed by atoms with van der Waals surface area (Å²) in [4.78, 5) is 3.95. The van der Waals surface area contributed by atoms with Gasteiger partial charge in [-0.2, -0.15) is 4.31 Å². The first-order chi connectivity index (χ1) is 10.5. The standard InChI is InChI=1S/C14H19ClN2O4S/c15-10-6-11(8-16-7-10)22(19,20)17-4-5-21-9-13(17)12-2-1-3-14(12)18/h6-8,12-14,18H,1-5,9H2/t12-,13+,14-/m0/s1. The summed E-state index contributed by atoms with van der Waals surface area (Å²) in [6, 6.07) is 1.07. The van der Waals surface area contributed by atoms with E-state index in [1.807, 2.05) is 0 Å². The zero-order chi connectivity index (χ0) is 15.7. The van der Waals surface area contributed by atoms with Crippen molar-refractivity contribution in [2.45, 2.75) is 36.3 Å². The zero-order valence-electron chi connectivity index (χ0n) is 12.1. The van der Waals surface area contributed by atoms with Gasteiger partial charge in [0.05, 0.1) is 30.4 Å². The maximum Gasteiger partial charge on any atom is 0.245 e. The van der Waals surface area contributed by atoms with Crippen molar-refractivity contribution in [1.29, 1.82) is 0 Å². The molecule has 8 heteroatoms. The molecule has 2 aliphatic rings. The van der Waals surface area contributed by atoms with Crippen LogP contribution in [-0.4, -0.2) is 54.7 Å². The molecule has 1 saturated heterocycles. The fourth-order valence-electron chi connectivity index (χ4n) is 3.33. The Morgan fingerprint density at radius 2 is 2.18 bits per heavy atom. The minimum Gasteiger partial charge on any atom is -0.393 e. The first kappa shape index (κ1) is 16.1. The van der Waals surface area contributed by atoms with Gasteiger partial charge in [0, 0.05) is 24.9 Å². The molecule has 1 aliphatic carbocycles. The third-order valence-electron chi connectivity index (χ3n) is 4.43. The van der Waals surface area contributed by atoms with E-state index in [1.54, 1.807) is 0 Å². The molecule has 6 nitrogen and oxygen atoms in total. The van der Waals surface area contributed by atoms with Gasteiger partial charge in [0.25, 0.3) is 0 Å². The zero-order valence-corrected chi connectivity index (χ0v) is 13.6. The smallest absolute Gasteiger partial charge is 0.245 e. The van der Waals surface area contributed by atoms with E-state index < -0.39 is 16.1 Å². The number of rotatable bonds is 3. The van der Waals surface area contributed by atoms with Crippen molar-refractivity contribution in [2.24, 2.45) is 5.92 Å². The van der Waals surface area contributed by atoms with Gasteiger partial charge < -0.3 is 9.84 Å². The molecule has 122 valence electrons. The molecule has 0 amide bonds. The molecule has 1 aliphatic heterocycles. The van der Waals surface area contributed by atoms with Crippen LogP contribution < -0.4 is 0 Å². The van der Waals surface area contributed by atoms with Gasteiger partial charge >= 0.3 is 0 Å². The largest absolute Gasteiger partial charge is 0.393 e. The van der Waals surface area contributed by atoms with Crippen LogP contribution in [0.4, 0.5) is 0 Å². The Bertz CT molecular complexity index is 639. The lowest BCUT2D eigenvalue weighted by molar-refractivity contribution is -0.0148. The first-order valence-corrected chi connectivity index (χ1v) is 9.20. The van der Waals surface area contributed by atoms with Crippen LogP contribution in [0, 0.1) is 5.92 Å². The summed E-state index contributed by atoms with van der Waals surface area (Å²) in [7, 11) is -3.70. The Morgan fingerprint density at radius 3 is 2.86 bits per heavy atom. The summed E-state index contributed by atoms with van der Waals surface area (Å²) in [5.41, 5.74) is 0. The summed E-state index contributed by atoms with van der Waals surface area (Å²) in [6.07, 6.45) is 4.68. The summed E-state index contributed by atoms with van der Waals surface area (Å²) >= 11 is 5.87. The maximum atomic E-state index is 12.9. The van der Waals surface area contributed by atoms with Gasteiger partial charge in [0.15, 0.2) is 0 Å². The van der Waals surface area contributed by atoms with Gasteiger partial charge in [-0.3, -0.25) is 4.98 Å². The van der Waals surface area contributed by atoms with Gasteiger partial charge in [0.1, 0.15) is 4.90 Å². The number of nitrogens with zero attached hydrogens (tertiary/aromatic N) is 2. The Hall–Kier alpha value is -0.730. The molecule has 0 aromatic carbocycles. The molecule has 2 heterocycles. The lowest BCUT2D eigenvalue weighted by atomic mass is 9.96. The average Bonchev–Trinajstić information content (AvgIpc) is 2.93. The quantitative estimate of drug-likeness (QED) is 0.892. The monoisotopic (exact) mass is 346 g/mol. The molecule has 1 aromatic rings. The van der Waals surface area contributed by atoms with Gasteiger partial charge in [-0.1, -0.05) is 18.0 Å².